The number of aromatic nitrogens is 10. The summed E-state index contributed by atoms with van der Waals surface area (Å²) >= 11 is 6.47. The van der Waals surface area contributed by atoms with Crippen molar-refractivity contribution in [2.45, 2.75) is 90.0 Å². The number of nitrogens with zero attached hydrogens (tertiary/aromatic N) is 11. The number of benzene rings is 1. The molecular weight excluding hydrogens is 660 g/mol. The van der Waals surface area contributed by atoms with Crippen molar-refractivity contribution in [1.82, 2.24) is 54.6 Å². The molecule has 5 aromatic rings. The average molecular weight is 703 g/mol. The lowest BCUT2D eigenvalue weighted by molar-refractivity contribution is -0.0852. The van der Waals surface area contributed by atoms with Gasteiger partial charge in [-0.2, -0.15) is 5.10 Å². The van der Waals surface area contributed by atoms with Gasteiger partial charge in [0, 0.05) is 50.3 Å². The largest absolute Gasteiger partial charge is 0.487 e. The first-order valence-corrected chi connectivity index (χ1v) is 17.5. The highest BCUT2D eigenvalue weighted by molar-refractivity contribution is 6.32. The van der Waals surface area contributed by atoms with Crippen molar-refractivity contribution in [3.8, 4) is 22.8 Å². The Morgan fingerprint density at radius 1 is 1.02 bits per heavy atom. The van der Waals surface area contributed by atoms with Gasteiger partial charge in [-0.15, -0.1) is 10.2 Å². The molecule has 0 unspecified atom stereocenters. The Morgan fingerprint density at radius 2 is 1.78 bits per heavy atom. The SMILES string of the molecule is C[C@@H]1CN([C@H]2CC[C@H](n3cc(Nc4ncc(-c5ccc(Cl)c(O[C@@H](C)Cn6cnnn6)c5)cn4)c(OCc4ccnn4C)n3)CC2)C[C@H](C)O1. The van der Waals surface area contributed by atoms with E-state index in [1.54, 1.807) is 40.3 Å². The number of rotatable bonds is 12. The predicted molar refractivity (Wildman–Crippen MR) is 186 cm³/mol. The summed E-state index contributed by atoms with van der Waals surface area (Å²) < 4.78 is 23.8. The van der Waals surface area contributed by atoms with E-state index in [1.165, 1.54) is 0 Å². The molecule has 50 heavy (non-hydrogen) atoms. The molecule has 1 N–H and O–H groups in total. The molecule has 2 fully saturated rings. The van der Waals surface area contributed by atoms with Crippen LogP contribution in [0.5, 0.6) is 11.6 Å². The van der Waals surface area contributed by atoms with Crippen molar-refractivity contribution in [3.63, 3.8) is 0 Å². The first-order valence-electron chi connectivity index (χ1n) is 17.1. The van der Waals surface area contributed by atoms with Crippen molar-refractivity contribution in [3.05, 3.63) is 66.1 Å². The van der Waals surface area contributed by atoms with Crippen molar-refractivity contribution in [1.29, 1.82) is 0 Å². The summed E-state index contributed by atoms with van der Waals surface area (Å²) in [6.07, 6.45) is 13.5. The zero-order chi connectivity index (χ0) is 34.6. The lowest BCUT2D eigenvalue weighted by atomic mass is 9.89. The molecule has 16 heteroatoms. The van der Waals surface area contributed by atoms with Crippen LogP contribution in [-0.4, -0.2) is 92.1 Å². The number of hydrogen-bond donors (Lipinski definition) is 1. The standard InChI is InChI=1S/C34H43ClN12O3/c1-22-16-45(17-23(2)49-22)27-6-8-28(9-7-27)47-19-31(33(41-47)48-20-29-11-12-39-44(29)4)40-34-36-14-26(15-37-34)25-5-10-30(35)32(13-25)50-24(3)18-46-21-38-42-43-46/h5,10-15,19,21-24,27-28H,6-9,16-18,20H2,1-4H3,(H,36,37,40)/t22-,23+,24-,27-,28-/m0/s1. The van der Waals surface area contributed by atoms with Crippen LogP contribution in [0.4, 0.5) is 11.6 Å². The van der Waals surface area contributed by atoms with E-state index in [-0.39, 0.29) is 24.4 Å². The van der Waals surface area contributed by atoms with E-state index in [4.69, 9.17) is 30.9 Å². The molecule has 1 aliphatic carbocycles. The van der Waals surface area contributed by atoms with Crippen molar-refractivity contribution >= 4 is 23.2 Å². The van der Waals surface area contributed by atoms with Crippen LogP contribution >= 0.6 is 11.6 Å². The second kappa shape index (κ2) is 15.1. The number of morpholine rings is 1. The van der Waals surface area contributed by atoms with Crippen LogP contribution in [0.3, 0.4) is 0 Å². The van der Waals surface area contributed by atoms with Gasteiger partial charge in [-0.25, -0.2) is 14.6 Å². The second-order valence-corrected chi connectivity index (χ2v) is 13.7. The van der Waals surface area contributed by atoms with Gasteiger partial charge in [-0.3, -0.25) is 14.3 Å². The Kier molecular flexibility index (Phi) is 10.2. The van der Waals surface area contributed by atoms with Gasteiger partial charge >= 0.3 is 0 Å². The fourth-order valence-corrected chi connectivity index (χ4v) is 7.02. The molecule has 2 aliphatic rings. The highest BCUT2D eigenvalue weighted by atomic mass is 35.5. The van der Waals surface area contributed by atoms with E-state index in [1.807, 2.05) is 43.0 Å². The zero-order valence-electron chi connectivity index (χ0n) is 28.8. The first-order chi connectivity index (χ1) is 24.3. The minimum atomic E-state index is -0.211. The average Bonchev–Trinajstić information content (AvgIpc) is 3.87. The molecule has 264 valence electrons. The van der Waals surface area contributed by atoms with E-state index in [0.29, 0.717) is 47.5 Å². The van der Waals surface area contributed by atoms with Crippen molar-refractivity contribution < 1.29 is 14.2 Å². The summed E-state index contributed by atoms with van der Waals surface area (Å²) in [5, 5.41) is 24.3. The molecule has 7 rings (SSSR count). The van der Waals surface area contributed by atoms with Gasteiger partial charge in [0.15, 0.2) is 0 Å². The number of ether oxygens (including phenoxy) is 3. The molecule has 0 bridgehead atoms. The Bertz CT molecular complexity index is 1830. The highest BCUT2D eigenvalue weighted by Crippen LogP contribution is 2.36. The third-order valence-corrected chi connectivity index (χ3v) is 9.62. The molecule has 15 nitrogen and oxygen atoms in total. The summed E-state index contributed by atoms with van der Waals surface area (Å²) in [6, 6.07) is 8.38. The van der Waals surface area contributed by atoms with E-state index >= 15 is 0 Å². The number of nitrogens with one attached hydrogen (secondary N) is 1. The summed E-state index contributed by atoms with van der Waals surface area (Å²) in [5.74, 6) is 1.48. The second-order valence-electron chi connectivity index (χ2n) is 13.3. The number of halogens is 1. The Hall–Kier alpha value is -4.60. The summed E-state index contributed by atoms with van der Waals surface area (Å²) in [5.41, 5.74) is 3.33. The fourth-order valence-electron chi connectivity index (χ4n) is 6.86. The summed E-state index contributed by atoms with van der Waals surface area (Å²) in [7, 11) is 1.90. The van der Waals surface area contributed by atoms with Crippen LogP contribution in [0.15, 0.2) is 55.4 Å². The molecule has 0 amide bonds. The molecule has 0 radical (unpaired) electrons. The lowest BCUT2D eigenvalue weighted by Gasteiger charge is -2.42. The molecule has 5 heterocycles. The van der Waals surface area contributed by atoms with Gasteiger partial charge in [0.1, 0.15) is 30.5 Å². The molecule has 1 aromatic carbocycles. The summed E-state index contributed by atoms with van der Waals surface area (Å²) in [4.78, 5) is 11.9. The highest BCUT2D eigenvalue weighted by Gasteiger charge is 2.32. The molecule has 0 spiro atoms. The monoisotopic (exact) mass is 702 g/mol. The van der Waals surface area contributed by atoms with Gasteiger partial charge in [0.2, 0.25) is 5.95 Å². The van der Waals surface area contributed by atoms with Crippen LogP contribution in [0, 0.1) is 0 Å². The topological polar surface area (TPSA) is 148 Å². The number of tetrazole rings is 1. The Morgan fingerprint density at radius 3 is 2.48 bits per heavy atom. The number of aryl methyl sites for hydroxylation is 1. The molecule has 3 atom stereocenters. The minimum absolute atomic E-state index is 0.211. The maximum atomic E-state index is 6.47. The van der Waals surface area contributed by atoms with Crippen LogP contribution < -0.4 is 14.8 Å². The molecular formula is C34H43ClN12O3. The van der Waals surface area contributed by atoms with Crippen LogP contribution in [0.25, 0.3) is 11.1 Å². The van der Waals surface area contributed by atoms with E-state index in [0.717, 1.165) is 55.6 Å². The van der Waals surface area contributed by atoms with Crippen LogP contribution in [0.2, 0.25) is 5.02 Å². The van der Waals surface area contributed by atoms with Gasteiger partial charge < -0.3 is 19.5 Å². The maximum Gasteiger partial charge on any atom is 0.257 e. The Balaban J connectivity index is 1.04. The maximum absolute atomic E-state index is 6.47. The fraction of sp³-hybridized carbons (Fsp3) is 0.500. The molecule has 1 saturated heterocycles. The quantitative estimate of drug-likeness (QED) is 0.185. The van der Waals surface area contributed by atoms with Gasteiger partial charge in [-0.1, -0.05) is 17.7 Å². The number of hydrogen-bond acceptors (Lipinski definition) is 12. The third-order valence-electron chi connectivity index (χ3n) is 9.31. The molecule has 4 aromatic heterocycles. The molecule has 1 aliphatic heterocycles. The normalized spacial score (nSPS) is 21.9. The van der Waals surface area contributed by atoms with Crippen molar-refractivity contribution in [2.24, 2.45) is 7.05 Å². The van der Waals surface area contributed by atoms with Crippen molar-refractivity contribution in [2.75, 3.05) is 18.4 Å². The smallest absolute Gasteiger partial charge is 0.257 e. The summed E-state index contributed by atoms with van der Waals surface area (Å²) in [6.45, 7) is 9.08. The lowest BCUT2D eigenvalue weighted by Crippen LogP contribution is -2.51. The Labute approximate surface area is 295 Å². The zero-order valence-corrected chi connectivity index (χ0v) is 29.5. The van der Waals surface area contributed by atoms with Crippen LogP contribution in [-0.2, 0) is 24.9 Å². The van der Waals surface area contributed by atoms with E-state index in [9.17, 15) is 0 Å². The predicted octanol–water partition coefficient (Wildman–Crippen LogP) is 5.10. The van der Waals surface area contributed by atoms with Gasteiger partial charge in [0.05, 0.1) is 41.7 Å². The molecule has 1 saturated carbocycles. The van der Waals surface area contributed by atoms with E-state index in [2.05, 4.69) is 54.7 Å². The van der Waals surface area contributed by atoms with E-state index < -0.39 is 0 Å². The van der Waals surface area contributed by atoms with Gasteiger partial charge in [-0.05, 0) is 80.6 Å². The number of anilines is 2. The van der Waals surface area contributed by atoms with Gasteiger partial charge in [0.25, 0.3) is 5.88 Å². The minimum Gasteiger partial charge on any atom is -0.487 e. The van der Waals surface area contributed by atoms with Crippen LogP contribution in [0.1, 0.15) is 58.2 Å². The third kappa shape index (κ3) is 8.06. The first kappa shape index (κ1) is 33.9.